The Morgan fingerprint density at radius 1 is 1.42 bits per heavy atom. The van der Waals surface area contributed by atoms with E-state index in [2.05, 4.69) is 10.1 Å². The molecule has 0 bridgehead atoms. The van der Waals surface area contributed by atoms with Crippen LogP contribution in [0.25, 0.3) is 0 Å². The number of hydrogen-bond acceptors (Lipinski definition) is 3. The van der Waals surface area contributed by atoms with E-state index in [1.165, 1.54) is 18.2 Å². The Morgan fingerprint density at radius 2 is 2.05 bits per heavy atom. The molecule has 3 nitrogen and oxygen atoms in total. The lowest BCUT2D eigenvalue weighted by Gasteiger charge is -2.19. The van der Waals surface area contributed by atoms with Crippen molar-refractivity contribution in [1.82, 2.24) is 5.32 Å². The predicted molar refractivity (Wildman–Crippen MR) is 65.3 cm³/mol. The number of carbonyl (C=O) groups excluding carboxylic acids is 1. The molecular weight excluding hydrogens is 306 g/mol. The van der Waals surface area contributed by atoms with Crippen LogP contribution in [0.3, 0.4) is 0 Å². The van der Waals surface area contributed by atoms with E-state index in [1.807, 2.05) is 0 Å². The van der Waals surface area contributed by atoms with Gasteiger partial charge >= 0.3 is 12.1 Å². The van der Waals surface area contributed by atoms with Gasteiger partial charge in [0.15, 0.2) is 0 Å². The van der Waals surface area contributed by atoms with Crippen LogP contribution >= 0.6 is 23.2 Å². The minimum Gasteiger partial charge on any atom is -0.468 e. The summed E-state index contributed by atoms with van der Waals surface area (Å²) in [6, 6.07) is 2.82. The highest BCUT2D eigenvalue weighted by molar-refractivity contribution is 6.35. The summed E-state index contributed by atoms with van der Waals surface area (Å²) in [6.45, 7) is -1.34. The van der Waals surface area contributed by atoms with Crippen LogP contribution in [0, 0.1) is 0 Å². The molecule has 1 unspecified atom stereocenters. The standard InChI is InChI=1S/C11H10Cl2F3NO2/c1-19-10(18)9(17-5-11(14,15)16)7-3-2-6(12)4-8(7)13/h2-4,9,17H,5H2,1H3. The highest BCUT2D eigenvalue weighted by atomic mass is 35.5. The van der Waals surface area contributed by atoms with Gasteiger partial charge in [-0.1, -0.05) is 29.3 Å². The van der Waals surface area contributed by atoms with Gasteiger partial charge in [-0.25, -0.2) is 4.79 Å². The minimum atomic E-state index is -4.45. The van der Waals surface area contributed by atoms with Crippen molar-refractivity contribution in [3.63, 3.8) is 0 Å². The zero-order chi connectivity index (χ0) is 14.6. The fourth-order valence-electron chi connectivity index (χ4n) is 1.39. The van der Waals surface area contributed by atoms with E-state index in [-0.39, 0.29) is 10.6 Å². The number of hydrogen-bond donors (Lipinski definition) is 1. The summed E-state index contributed by atoms with van der Waals surface area (Å²) < 4.78 is 41.0. The number of esters is 1. The van der Waals surface area contributed by atoms with Crippen LogP contribution in [-0.2, 0) is 9.53 Å². The molecular formula is C11H10Cl2F3NO2. The molecule has 0 aromatic heterocycles. The van der Waals surface area contributed by atoms with Crippen LogP contribution in [0.1, 0.15) is 11.6 Å². The summed E-state index contributed by atoms with van der Waals surface area (Å²) in [7, 11) is 1.08. The third kappa shape index (κ3) is 4.89. The van der Waals surface area contributed by atoms with E-state index in [0.717, 1.165) is 7.11 Å². The van der Waals surface area contributed by atoms with Crippen molar-refractivity contribution in [2.24, 2.45) is 0 Å². The molecule has 1 aromatic rings. The number of rotatable bonds is 4. The van der Waals surface area contributed by atoms with Crippen molar-refractivity contribution < 1.29 is 22.7 Å². The fraction of sp³-hybridized carbons (Fsp3) is 0.364. The van der Waals surface area contributed by atoms with Crippen molar-refractivity contribution in [3.05, 3.63) is 33.8 Å². The summed E-state index contributed by atoms with van der Waals surface area (Å²) in [4.78, 5) is 11.5. The molecule has 0 heterocycles. The molecule has 0 radical (unpaired) electrons. The van der Waals surface area contributed by atoms with E-state index >= 15 is 0 Å². The molecule has 19 heavy (non-hydrogen) atoms. The number of nitrogens with one attached hydrogen (secondary N) is 1. The fourth-order valence-corrected chi connectivity index (χ4v) is 1.91. The lowest BCUT2D eigenvalue weighted by Crippen LogP contribution is -2.36. The van der Waals surface area contributed by atoms with Crippen LogP contribution in [0.4, 0.5) is 13.2 Å². The quantitative estimate of drug-likeness (QED) is 0.866. The monoisotopic (exact) mass is 315 g/mol. The molecule has 0 amide bonds. The molecule has 1 N–H and O–H groups in total. The van der Waals surface area contributed by atoms with Crippen LogP contribution in [0.2, 0.25) is 10.0 Å². The van der Waals surface area contributed by atoms with Gasteiger partial charge in [-0.05, 0) is 17.7 Å². The normalized spacial score (nSPS) is 13.2. The topological polar surface area (TPSA) is 38.3 Å². The Balaban J connectivity index is 3.00. The zero-order valence-corrected chi connectivity index (χ0v) is 11.2. The molecule has 106 valence electrons. The van der Waals surface area contributed by atoms with Gasteiger partial charge in [0, 0.05) is 10.0 Å². The molecule has 0 spiro atoms. The van der Waals surface area contributed by atoms with Gasteiger partial charge in [-0.2, -0.15) is 13.2 Å². The number of alkyl halides is 3. The van der Waals surface area contributed by atoms with Gasteiger partial charge < -0.3 is 4.74 Å². The maximum Gasteiger partial charge on any atom is 0.401 e. The summed E-state index contributed by atoms with van der Waals surface area (Å²) in [5, 5.41) is 2.45. The van der Waals surface area contributed by atoms with Crippen LogP contribution in [0.5, 0.6) is 0 Å². The van der Waals surface area contributed by atoms with Crippen molar-refractivity contribution in [1.29, 1.82) is 0 Å². The molecule has 0 saturated heterocycles. The largest absolute Gasteiger partial charge is 0.468 e. The third-order valence-electron chi connectivity index (χ3n) is 2.22. The SMILES string of the molecule is COC(=O)C(NCC(F)(F)F)c1ccc(Cl)cc1Cl. The van der Waals surface area contributed by atoms with Crippen molar-refractivity contribution >= 4 is 29.2 Å². The van der Waals surface area contributed by atoms with Crippen LogP contribution < -0.4 is 5.32 Å². The van der Waals surface area contributed by atoms with Gasteiger partial charge in [-0.3, -0.25) is 5.32 Å². The number of ether oxygens (including phenoxy) is 1. The van der Waals surface area contributed by atoms with Gasteiger partial charge in [0.2, 0.25) is 0 Å². The Bertz CT molecular complexity index is 466. The highest BCUT2D eigenvalue weighted by Crippen LogP contribution is 2.27. The maximum absolute atomic E-state index is 12.2. The Morgan fingerprint density at radius 3 is 2.53 bits per heavy atom. The average molecular weight is 316 g/mol. The molecule has 1 aromatic carbocycles. The van der Waals surface area contributed by atoms with Crippen molar-refractivity contribution in [3.8, 4) is 0 Å². The molecule has 1 rings (SSSR count). The first-order valence-corrected chi connectivity index (χ1v) is 5.83. The van der Waals surface area contributed by atoms with E-state index in [4.69, 9.17) is 23.2 Å². The number of methoxy groups -OCH3 is 1. The number of carbonyl (C=O) groups is 1. The van der Waals surface area contributed by atoms with Crippen LogP contribution in [0.15, 0.2) is 18.2 Å². The molecule has 0 saturated carbocycles. The van der Waals surface area contributed by atoms with Gasteiger partial charge in [0.05, 0.1) is 13.7 Å². The third-order valence-corrected chi connectivity index (χ3v) is 2.78. The molecule has 0 fully saturated rings. The Labute approximate surface area is 117 Å². The second-order valence-corrected chi connectivity index (χ2v) is 4.46. The number of benzene rings is 1. The zero-order valence-electron chi connectivity index (χ0n) is 9.72. The second-order valence-electron chi connectivity index (χ2n) is 3.62. The minimum absolute atomic E-state index is 0.0811. The van der Waals surface area contributed by atoms with E-state index in [9.17, 15) is 18.0 Å². The molecule has 8 heteroatoms. The van der Waals surface area contributed by atoms with Gasteiger partial charge in [0.1, 0.15) is 6.04 Å². The summed E-state index contributed by atoms with van der Waals surface area (Å²) in [6.07, 6.45) is -4.45. The second kappa shape index (κ2) is 6.45. The first-order chi connectivity index (χ1) is 8.74. The van der Waals surface area contributed by atoms with E-state index < -0.39 is 24.7 Å². The summed E-state index contributed by atoms with van der Waals surface area (Å²) in [5.74, 6) is -0.867. The lowest BCUT2D eigenvalue weighted by molar-refractivity contribution is -0.146. The summed E-state index contributed by atoms with van der Waals surface area (Å²) >= 11 is 11.5. The van der Waals surface area contributed by atoms with E-state index in [0.29, 0.717) is 5.02 Å². The highest BCUT2D eigenvalue weighted by Gasteiger charge is 2.32. The average Bonchev–Trinajstić information content (AvgIpc) is 2.29. The van der Waals surface area contributed by atoms with Crippen molar-refractivity contribution in [2.45, 2.75) is 12.2 Å². The molecule has 0 aliphatic rings. The number of halogens is 5. The Hall–Kier alpha value is -0.980. The predicted octanol–water partition coefficient (Wildman–Crippen LogP) is 3.36. The Kier molecular flexibility index (Phi) is 5.46. The van der Waals surface area contributed by atoms with Crippen LogP contribution in [-0.4, -0.2) is 25.8 Å². The van der Waals surface area contributed by atoms with Crippen molar-refractivity contribution in [2.75, 3.05) is 13.7 Å². The van der Waals surface area contributed by atoms with Gasteiger partial charge in [-0.15, -0.1) is 0 Å². The lowest BCUT2D eigenvalue weighted by atomic mass is 10.1. The first kappa shape index (κ1) is 16.1. The van der Waals surface area contributed by atoms with E-state index in [1.54, 1.807) is 0 Å². The maximum atomic E-state index is 12.2. The smallest absolute Gasteiger partial charge is 0.401 e. The molecule has 0 aliphatic heterocycles. The van der Waals surface area contributed by atoms with Gasteiger partial charge in [0.25, 0.3) is 0 Å². The molecule has 1 atom stereocenters. The molecule has 0 aliphatic carbocycles. The summed E-state index contributed by atoms with van der Waals surface area (Å²) in [5.41, 5.74) is 0.169. The first-order valence-electron chi connectivity index (χ1n) is 5.07.